The van der Waals surface area contributed by atoms with Crippen molar-refractivity contribution in [1.82, 2.24) is 10.3 Å². The first-order chi connectivity index (χ1) is 12.7. The predicted octanol–water partition coefficient (Wildman–Crippen LogP) is 2.37. The first kappa shape index (κ1) is 16.0. The Bertz CT molecular complexity index is 979. The number of benzene rings is 2. The number of H-pyrrole nitrogens is 1. The summed E-state index contributed by atoms with van der Waals surface area (Å²) in [6.07, 6.45) is 1.58. The molecule has 0 saturated carbocycles. The number of esters is 1. The number of hydrogen-bond acceptors (Lipinski definition) is 5. The van der Waals surface area contributed by atoms with Gasteiger partial charge in [-0.15, -0.1) is 0 Å². The van der Waals surface area contributed by atoms with Crippen LogP contribution in [0.3, 0.4) is 0 Å². The molecule has 0 spiro atoms. The molecular weight excluding hydrogens is 336 g/mol. The number of rotatable bonds is 5. The van der Waals surface area contributed by atoms with E-state index in [1.807, 2.05) is 30.3 Å². The van der Waals surface area contributed by atoms with Gasteiger partial charge in [-0.05, 0) is 23.8 Å². The van der Waals surface area contributed by atoms with E-state index in [0.717, 1.165) is 16.5 Å². The molecule has 0 aliphatic carbocycles. The third-order valence-electron chi connectivity index (χ3n) is 4.07. The van der Waals surface area contributed by atoms with Gasteiger partial charge in [-0.25, -0.2) is 4.79 Å². The monoisotopic (exact) mass is 352 g/mol. The normalized spacial score (nSPS) is 12.2. The van der Waals surface area contributed by atoms with E-state index >= 15 is 0 Å². The maximum atomic E-state index is 12.2. The maximum absolute atomic E-state index is 12.2. The lowest BCUT2D eigenvalue weighted by molar-refractivity contribution is -0.124. The van der Waals surface area contributed by atoms with Gasteiger partial charge in [0, 0.05) is 23.6 Å². The van der Waals surface area contributed by atoms with Crippen molar-refractivity contribution >= 4 is 22.8 Å². The fourth-order valence-corrected chi connectivity index (χ4v) is 2.75. The molecule has 1 aliphatic rings. The number of carbonyl (C=O) groups excluding carboxylic acids is 2. The van der Waals surface area contributed by atoms with Crippen molar-refractivity contribution in [2.75, 3.05) is 13.4 Å². The molecule has 0 unspecified atom stereocenters. The van der Waals surface area contributed by atoms with Gasteiger partial charge in [-0.2, -0.15) is 0 Å². The maximum Gasteiger partial charge on any atom is 0.340 e. The van der Waals surface area contributed by atoms with E-state index < -0.39 is 5.97 Å². The zero-order valence-electron chi connectivity index (χ0n) is 13.8. The highest BCUT2D eigenvalue weighted by atomic mass is 16.7. The molecule has 132 valence electrons. The number of nitrogens with one attached hydrogen (secondary N) is 2. The van der Waals surface area contributed by atoms with Crippen molar-refractivity contribution in [3.05, 3.63) is 59.8 Å². The van der Waals surface area contributed by atoms with Gasteiger partial charge in [0.2, 0.25) is 6.79 Å². The number of amides is 1. The molecule has 1 amide bonds. The number of hydrogen-bond donors (Lipinski definition) is 2. The van der Waals surface area contributed by atoms with Gasteiger partial charge in [-0.3, -0.25) is 4.79 Å². The topological polar surface area (TPSA) is 89.7 Å². The van der Waals surface area contributed by atoms with Gasteiger partial charge >= 0.3 is 5.97 Å². The molecule has 7 heteroatoms. The second-order valence-electron chi connectivity index (χ2n) is 5.79. The Morgan fingerprint density at radius 1 is 1.12 bits per heavy atom. The van der Waals surface area contributed by atoms with Crippen LogP contribution in [0.25, 0.3) is 10.9 Å². The molecule has 0 saturated heterocycles. The Morgan fingerprint density at radius 2 is 1.96 bits per heavy atom. The first-order valence-electron chi connectivity index (χ1n) is 8.09. The van der Waals surface area contributed by atoms with Crippen molar-refractivity contribution in [1.29, 1.82) is 0 Å². The van der Waals surface area contributed by atoms with Crippen LogP contribution in [0.2, 0.25) is 0 Å². The van der Waals surface area contributed by atoms with E-state index in [4.69, 9.17) is 14.2 Å². The summed E-state index contributed by atoms with van der Waals surface area (Å²) < 4.78 is 15.6. The summed E-state index contributed by atoms with van der Waals surface area (Å²) in [5, 5.41) is 3.47. The SMILES string of the molecule is O=C(COC(=O)c1c[nH]c2ccccc12)NCc1ccc2c(c1)OCO2. The molecule has 26 heavy (non-hydrogen) atoms. The number of ether oxygens (including phenoxy) is 3. The standard InChI is InChI=1S/C19H16N2O5/c22-18(21-8-12-5-6-16-17(7-12)26-11-25-16)10-24-19(23)14-9-20-15-4-2-1-3-13(14)15/h1-7,9,20H,8,10-11H2,(H,21,22). The number of aromatic amines is 1. The van der Waals surface area contributed by atoms with Crippen molar-refractivity contribution in [3.8, 4) is 11.5 Å². The van der Waals surface area contributed by atoms with Crippen molar-refractivity contribution < 1.29 is 23.8 Å². The summed E-state index contributed by atoms with van der Waals surface area (Å²) in [5.41, 5.74) is 2.11. The molecule has 3 aromatic rings. The molecule has 4 rings (SSSR count). The van der Waals surface area contributed by atoms with Crippen molar-refractivity contribution in [3.63, 3.8) is 0 Å². The Hall–Kier alpha value is -3.48. The van der Waals surface area contributed by atoms with E-state index in [0.29, 0.717) is 23.6 Å². The van der Waals surface area contributed by atoms with Gasteiger partial charge in [0.25, 0.3) is 5.91 Å². The third kappa shape index (κ3) is 3.19. The molecule has 0 bridgehead atoms. The highest BCUT2D eigenvalue weighted by Gasteiger charge is 2.16. The molecule has 7 nitrogen and oxygen atoms in total. The predicted molar refractivity (Wildman–Crippen MR) is 93.0 cm³/mol. The average molecular weight is 352 g/mol. The second-order valence-corrected chi connectivity index (χ2v) is 5.79. The highest BCUT2D eigenvalue weighted by molar-refractivity contribution is 6.04. The van der Waals surface area contributed by atoms with Crippen LogP contribution in [0.4, 0.5) is 0 Å². The fraction of sp³-hybridized carbons (Fsp3) is 0.158. The van der Waals surface area contributed by atoms with E-state index in [2.05, 4.69) is 10.3 Å². The Kier molecular flexibility index (Phi) is 4.18. The van der Waals surface area contributed by atoms with E-state index in [-0.39, 0.29) is 19.3 Å². The molecule has 2 aromatic carbocycles. The molecule has 2 N–H and O–H groups in total. The molecule has 0 atom stereocenters. The smallest absolute Gasteiger partial charge is 0.340 e. The van der Waals surface area contributed by atoms with Gasteiger partial charge in [0.05, 0.1) is 5.56 Å². The summed E-state index contributed by atoms with van der Waals surface area (Å²) in [6.45, 7) is 0.165. The van der Waals surface area contributed by atoms with Crippen LogP contribution in [0, 0.1) is 0 Å². The minimum absolute atomic E-state index is 0.203. The van der Waals surface area contributed by atoms with Crippen molar-refractivity contribution in [2.45, 2.75) is 6.54 Å². The van der Waals surface area contributed by atoms with Crippen LogP contribution in [0.1, 0.15) is 15.9 Å². The highest BCUT2D eigenvalue weighted by Crippen LogP contribution is 2.32. The van der Waals surface area contributed by atoms with Crippen LogP contribution >= 0.6 is 0 Å². The van der Waals surface area contributed by atoms with Crippen LogP contribution in [0.5, 0.6) is 11.5 Å². The van der Waals surface area contributed by atoms with E-state index in [1.165, 1.54) is 0 Å². The summed E-state index contributed by atoms with van der Waals surface area (Å²) in [5.74, 6) is 0.423. The van der Waals surface area contributed by atoms with Crippen molar-refractivity contribution in [2.24, 2.45) is 0 Å². The Morgan fingerprint density at radius 3 is 2.88 bits per heavy atom. The van der Waals surface area contributed by atoms with Gasteiger partial charge in [0.1, 0.15) is 0 Å². The van der Waals surface area contributed by atoms with Gasteiger partial charge in [-0.1, -0.05) is 24.3 Å². The largest absolute Gasteiger partial charge is 0.454 e. The molecule has 1 aromatic heterocycles. The first-order valence-corrected chi connectivity index (χ1v) is 8.09. The summed E-state index contributed by atoms with van der Waals surface area (Å²) >= 11 is 0. The summed E-state index contributed by atoms with van der Waals surface area (Å²) in [6, 6.07) is 12.8. The zero-order chi connectivity index (χ0) is 17.9. The molecule has 0 radical (unpaired) electrons. The second kappa shape index (κ2) is 6.79. The molecular formula is C19H16N2O5. The molecule has 0 fully saturated rings. The quantitative estimate of drug-likeness (QED) is 0.688. The number of para-hydroxylation sites is 1. The Labute approximate surface area is 148 Å². The van der Waals surface area contributed by atoms with E-state index in [1.54, 1.807) is 18.3 Å². The Balaban J connectivity index is 1.30. The molecule has 1 aliphatic heterocycles. The van der Waals surface area contributed by atoms with Gasteiger partial charge < -0.3 is 24.5 Å². The molecule has 2 heterocycles. The van der Waals surface area contributed by atoms with Crippen LogP contribution in [0.15, 0.2) is 48.7 Å². The summed E-state index contributed by atoms with van der Waals surface area (Å²) in [7, 11) is 0. The summed E-state index contributed by atoms with van der Waals surface area (Å²) in [4.78, 5) is 27.1. The lowest BCUT2D eigenvalue weighted by atomic mass is 10.2. The van der Waals surface area contributed by atoms with Crippen LogP contribution < -0.4 is 14.8 Å². The third-order valence-corrected chi connectivity index (χ3v) is 4.07. The minimum atomic E-state index is -0.541. The number of aromatic nitrogens is 1. The fourth-order valence-electron chi connectivity index (χ4n) is 2.75. The lowest BCUT2D eigenvalue weighted by Gasteiger charge is -2.07. The van der Waals surface area contributed by atoms with Crippen LogP contribution in [-0.2, 0) is 16.1 Å². The van der Waals surface area contributed by atoms with E-state index in [9.17, 15) is 9.59 Å². The van der Waals surface area contributed by atoms with Crippen LogP contribution in [-0.4, -0.2) is 30.3 Å². The lowest BCUT2D eigenvalue weighted by Crippen LogP contribution is -2.28. The van der Waals surface area contributed by atoms with Gasteiger partial charge in [0.15, 0.2) is 18.1 Å². The number of carbonyl (C=O) groups is 2. The zero-order valence-corrected chi connectivity index (χ0v) is 13.8. The average Bonchev–Trinajstić information content (AvgIpc) is 3.30. The number of fused-ring (bicyclic) bond motifs is 2. The minimum Gasteiger partial charge on any atom is -0.454 e.